The van der Waals surface area contributed by atoms with Crippen molar-refractivity contribution < 1.29 is 17.8 Å². The van der Waals surface area contributed by atoms with Gasteiger partial charge in [0.2, 0.25) is 5.91 Å². The number of carbonyl (C=O) groups is 1. The van der Waals surface area contributed by atoms with Crippen LogP contribution in [0.5, 0.6) is 0 Å². The molecule has 0 aliphatic heterocycles. The van der Waals surface area contributed by atoms with Gasteiger partial charge in [-0.2, -0.15) is 8.42 Å². The molecule has 0 rings (SSSR count). The lowest BCUT2D eigenvalue weighted by molar-refractivity contribution is -0.126. The van der Waals surface area contributed by atoms with Gasteiger partial charge in [-0.25, -0.2) is 0 Å². The highest BCUT2D eigenvalue weighted by Gasteiger charge is 2.30. The van der Waals surface area contributed by atoms with Gasteiger partial charge in [0.05, 0.1) is 11.8 Å². The SMILES string of the molecule is CC(C)NC(=O)[C@@H](NCCCS(=O)(=O)O)C(C)(C)C. The average molecular weight is 294 g/mol. The molecule has 0 spiro atoms. The molecule has 0 aliphatic carbocycles. The number of hydrogen-bond acceptors (Lipinski definition) is 4. The molecular weight excluding hydrogens is 268 g/mol. The summed E-state index contributed by atoms with van der Waals surface area (Å²) in [6.07, 6.45) is 0.264. The predicted molar refractivity (Wildman–Crippen MR) is 75.6 cm³/mol. The van der Waals surface area contributed by atoms with Crippen molar-refractivity contribution in [2.45, 2.75) is 53.1 Å². The van der Waals surface area contributed by atoms with Gasteiger partial charge in [-0.3, -0.25) is 9.35 Å². The fourth-order valence-corrected chi connectivity index (χ4v) is 2.17. The zero-order valence-electron chi connectivity index (χ0n) is 12.4. The number of amides is 1. The Balaban J connectivity index is 4.43. The summed E-state index contributed by atoms with van der Waals surface area (Å²) in [6, 6.07) is -0.353. The van der Waals surface area contributed by atoms with E-state index in [9.17, 15) is 13.2 Å². The highest BCUT2D eigenvalue weighted by Crippen LogP contribution is 2.19. The van der Waals surface area contributed by atoms with Crippen molar-refractivity contribution in [3.63, 3.8) is 0 Å². The molecule has 1 amide bonds. The molecule has 0 aromatic heterocycles. The van der Waals surface area contributed by atoms with Crippen LogP contribution >= 0.6 is 0 Å². The van der Waals surface area contributed by atoms with Crippen LogP contribution < -0.4 is 10.6 Å². The van der Waals surface area contributed by atoms with E-state index in [-0.39, 0.29) is 29.5 Å². The number of rotatable bonds is 7. The topological polar surface area (TPSA) is 95.5 Å². The van der Waals surface area contributed by atoms with E-state index in [2.05, 4.69) is 10.6 Å². The lowest BCUT2D eigenvalue weighted by Gasteiger charge is -2.31. The zero-order valence-corrected chi connectivity index (χ0v) is 13.2. The maximum absolute atomic E-state index is 12.1. The summed E-state index contributed by atoms with van der Waals surface area (Å²) in [5.74, 6) is -0.405. The summed E-state index contributed by atoms with van der Waals surface area (Å²) in [5, 5.41) is 5.89. The molecule has 0 heterocycles. The van der Waals surface area contributed by atoms with Gasteiger partial charge in [-0.15, -0.1) is 0 Å². The van der Waals surface area contributed by atoms with E-state index in [0.29, 0.717) is 6.54 Å². The molecule has 0 aliphatic rings. The van der Waals surface area contributed by atoms with Gasteiger partial charge in [0.25, 0.3) is 10.1 Å². The van der Waals surface area contributed by atoms with Crippen LogP contribution in [0.3, 0.4) is 0 Å². The van der Waals surface area contributed by atoms with Gasteiger partial charge in [0.1, 0.15) is 0 Å². The summed E-state index contributed by atoms with van der Waals surface area (Å²) < 4.78 is 29.8. The zero-order chi connectivity index (χ0) is 15.3. The van der Waals surface area contributed by atoms with E-state index >= 15 is 0 Å². The molecule has 0 aromatic carbocycles. The van der Waals surface area contributed by atoms with Gasteiger partial charge >= 0.3 is 0 Å². The molecule has 114 valence electrons. The van der Waals surface area contributed by atoms with Gasteiger partial charge in [-0.05, 0) is 32.2 Å². The Kier molecular flexibility index (Phi) is 6.96. The predicted octanol–water partition coefficient (Wildman–Crippen LogP) is 0.793. The second-order valence-corrected chi connectivity index (χ2v) is 7.63. The first-order valence-corrected chi connectivity index (χ1v) is 8.03. The third-order valence-corrected chi connectivity index (χ3v) is 3.29. The third kappa shape index (κ3) is 8.96. The molecule has 1 atom stereocenters. The van der Waals surface area contributed by atoms with E-state index in [1.54, 1.807) is 0 Å². The van der Waals surface area contributed by atoms with E-state index < -0.39 is 16.2 Å². The van der Waals surface area contributed by atoms with Gasteiger partial charge < -0.3 is 10.6 Å². The van der Waals surface area contributed by atoms with Gasteiger partial charge in [0, 0.05) is 6.04 Å². The van der Waals surface area contributed by atoms with Crippen molar-refractivity contribution in [1.29, 1.82) is 0 Å². The molecule has 0 radical (unpaired) electrons. The quantitative estimate of drug-likeness (QED) is 0.477. The first-order valence-electron chi connectivity index (χ1n) is 6.42. The molecule has 0 bridgehead atoms. The summed E-state index contributed by atoms with van der Waals surface area (Å²) >= 11 is 0. The normalized spacial score (nSPS) is 14.5. The molecule has 7 heteroatoms. The summed E-state index contributed by atoms with van der Waals surface area (Å²) in [4.78, 5) is 12.1. The van der Waals surface area contributed by atoms with E-state index in [0.717, 1.165) is 0 Å². The maximum Gasteiger partial charge on any atom is 0.264 e. The molecule has 0 unspecified atom stereocenters. The van der Waals surface area contributed by atoms with Crippen molar-refractivity contribution in [2.75, 3.05) is 12.3 Å². The lowest BCUT2D eigenvalue weighted by Crippen LogP contribution is -2.53. The van der Waals surface area contributed by atoms with Crippen LogP contribution in [0.2, 0.25) is 0 Å². The summed E-state index contributed by atoms with van der Waals surface area (Å²) in [6.45, 7) is 9.94. The second-order valence-electron chi connectivity index (χ2n) is 6.06. The van der Waals surface area contributed by atoms with Crippen molar-refractivity contribution in [1.82, 2.24) is 10.6 Å². The van der Waals surface area contributed by atoms with Crippen LogP contribution in [0.4, 0.5) is 0 Å². The molecule has 0 saturated carbocycles. The van der Waals surface area contributed by atoms with Crippen LogP contribution in [0.25, 0.3) is 0 Å². The summed E-state index contributed by atoms with van der Waals surface area (Å²) in [5.41, 5.74) is -0.281. The van der Waals surface area contributed by atoms with Crippen LogP contribution in [0, 0.1) is 5.41 Å². The Bertz CT molecular complexity index is 385. The molecule has 19 heavy (non-hydrogen) atoms. The molecular formula is C12H26N2O4S. The lowest BCUT2D eigenvalue weighted by atomic mass is 9.86. The Labute approximate surface area is 116 Å². The molecule has 3 N–H and O–H groups in total. The second kappa shape index (κ2) is 7.21. The van der Waals surface area contributed by atoms with E-state index in [1.807, 2.05) is 34.6 Å². The minimum atomic E-state index is -3.94. The molecule has 6 nitrogen and oxygen atoms in total. The fourth-order valence-electron chi connectivity index (χ4n) is 1.66. The number of nitrogens with one attached hydrogen (secondary N) is 2. The minimum Gasteiger partial charge on any atom is -0.353 e. The Morgan fingerprint density at radius 1 is 1.26 bits per heavy atom. The van der Waals surface area contributed by atoms with Crippen LogP contribution in [-0.4, -0.2) is 43.3 Å². The minimum absolute atomic E-state index is 0.0527. The standard InChI is InChI=1S/C12H26N2O4S/c1-9(2)14-11(15)10(12(3,4)5)13-7-6-8-19(16,17)18/h9-10,13H,6-8H2,1-5H3,(H,14,15)(H,16,17,18)/t10-/m1/s1. The van der Waals surface area contributed by atoms with Crippen LogP contribution in [0.15, 0.2) is 0 Å². The van der Waals surface area contributed by atoms with Gasteiger partial charge in [-0.1, -0.05) is 20.8 Å². The Morgan fingerprint density at radius 2 is 1.79 bits per heavy atom. The fraction of sp³-hybridized carbons (Fsp3) is 0.917. The van der Waals surface area contributed by atoms with Gasteiger partial charge in [0.15, 0.2) is 0 Å². The number of hydrogen-bond donors (Lipinski definition) is 3. The highest BCUT2D eigenvalue weighted by atomic mass is 32.2. The first kappa shape index (κ1) is 18.3. The van der Waals surface area contributed by atoms with Crippen molar-refractivity contribution in [3.05, 3.63) is 0 Å². The van der Waals surface area contributed by atoms with Crippen molar-refractivity contribution in [3.8, 4) is 0 Å². The van der Waals surface area contributed by atoms with Crippen molar-refractivity contribution >= 4 is 16.0 Å². The van der Waals surface area contributed by atoms with E-state index in [4.69, 9.17) is 4.55 Å². The van der Waals surface area contributed by atoms with Crippen LogP contribution in [-0.2, 0) is 14.9 Å². The third-order valence-electron chi connectivity index (χ3n) is 2.49. The molecule has 0 saturated heterocycles. The highest BCUT2D eigenvalue weighted by molar-refractivity contribution is 7.85. The average Bonchev–Trinajstić information content (AvgIpc) is 2.11. The number of carbonyl (C=O) groups excluding carboxylic acids is 1. The van der Waals surface area contributed by atoms with Crippen molar-refractivity contribution in [2.24, 2.45) is 5.41 Å². The smallest absolute Gasteiger partial charge is 0.264 e. The maximum atomic E-state index is 12.1. The van der Waals surface area contributed by atoms with Crippen LogP contribution in [0.1, 0.15) is 41.0 Å². The Hall–Kier alpha value is -0.660. The molecule has 0 aromatic rings. The summed E-state index contributed by atoms with van der Waals surface area (Å²) in [7, 11) is -3.94. The first-order chi connectivity index (χ1) is 8.43. The monoisotopic (exact) mass is 294 g/mol. The largest absolute Gasteiger partial charge is 0.353 e. The van der Waals surface area contributed by atoms with E-state index in [1.165, 1.54) is 0 Å². The molecule has 0 fully saturated rings. The Morgan fingerprint density at radius 3 is 2.16 bits per heavy atom.